The number of nitrogens with zero attached hydrogens (tertiary/aromatic N) is 3. The Morgan fingerprint density at radius 1 is 1.05 bits per heavy atom. The number of rotatable bonds is 4. The van der Waals surface area contributed by atoms with Gasteiger partial charge in [-0.25, -0.2) is 0 Å². The molecule has 1 unspecified atom stereocenters. The van der Waals surface area contributed by atoms with Crippen LogP contribution in [-0.2, 0) is 4.74 Å². The van der Waals surface area contributed by atoms with Crippen molar-refractivity contribution in [3.05, 3.63) is 54.6 Å². The van der Waals surface area contributed by atoms with Crippen molar-refractivity contribution in [3.63, 3.8) is 0 Å². The fraction of sp³-hybridized carbons (Fsp3) is 0.188. The Balaban J connectivity index is 1.86. The number of methoxy groups -OCH3 is 1. The Bertz CT molecular complexity index is 708. The van der Waals surface area contributed by atoms with Gasteiger partial charge in [-0.2, -0.15) is 4.98 Å². The summed E-state index contributed by atoms with van der Waals surface area (Å²) in [4.78, 5) is 8.66. The molecule has 0 spiro atoms. The lowest BCUT2D eigenvalue weighted by Crippen LogP contribution is -1.95. The van der Waals surface area contributed by atoms with Gasteiger partial charge < -0.3 is 9.26 Å². The first-order chi connectivity index (χ1) is 10.3. The molecule has 5 heteroatoms. The van der Waals surface area contributed by atoms with Crippen LogP contribution in [0.3, 0.4) is 0 Å². The average molecular weight is 281 g/mol. The number of hydrogen-bond acceptors (Lipinski definition) is 5. The Kier molecular flexibility index (Phi) is 3.75. The molecule has 3 rings (SSSR count). The smallest absolute Gasteiger partial charge is 0.255 e. The van der Waals surface area contributed by atoms with Crippen LogP contribution in [0, 0.1) is 0 Å². The van der Waals surface area contributed by atoms with Gasteiger partial charge in [0.15, 0.2) is 0 Å². The van der Waals surface area contributed by atoms with Gasteiger partial charge in [-0.05, 0) is 19.1 Å². The number of pyridine rings is 1. The van der Waals surface area contributed by atoms with E-state index < -0.39 is 0 Å². The minimum absolute atomic E-state index is 0.209. The van der Waals surface area contributed by atoms with Gasteiger partial charge in [-0.15, -0.1) is 0 Å². The van der Waals surface area contributed by atoms with Crippen molar-refractivity contribution in [2.24, 2.45) is 0 Å². The van der Waals surface area contributed by atoms with Crippen LogP contribution in [0.4, 0.5) is 0 Å². The maximum absolute atomic E-state index is 5.19. The summed E-state index contributed by atoms with van der Waals surface area (Å²) in [5, 5.41) is 3.98. The van der Waals surface area contributed by atoms with E-state index in [0.717, 1.165) is 16.8 Å². The predicted octanol–water partition coefficient (Wildman–Crippen LogP) is 3.51. The second-order valence-corrected chi connectivity index (χ2v) is 4.63. The van der Waals surface area contributed by atoms with E-state index in [1.165, 1.54) is 0 Å². The van der Waals surface area contributed by atoms with Gasteiger partial charge in [0, 0.05) is 24.4 Å². The molecule has 0 aliphatic carbocycles. The minimum Gasteiger partial charge on any atom is -0.372 e. The Morgan fingerprint density at radius 3 is 2.48 bits per heavy atom. The fourth-order valence-corrected chi connectivity index (χ4v) is 1.94. The molecule has 21 heavy (non-hydrogen) atoms. The average Bonchev–Trinajstić information content (AvgIpc) is 3.05. The van der Waals surface area contributed by atoms with Crippen molar-refractivity contribution in [1.29, 1.82) is 0 Å². The van der Waals surface area contributed by atoms with Gasteiger partial charge in [0.05, 0.1) is 5.69 Å². The first-order valence-corrected chi connectivity index (χ1v) is 6.66. The molecule has 0 saturated carbocycles. The van der Waals surface area contributed by atoms with Gasteiger partial charge in [-0.1, -0.05) is 35.5 Å². The molecule has 0 saturated heterocycles. The molecule has 0 radical (unpaired) electrons. The summed E-state index contributed by atoms with van der Waals surface area (Å²) >= 11 is 0. The van der Waals surface area contributed by atoms with Crippen LogP contribution in [0.25, 0.3) is 22.6 Å². The molecule has 1 aromatic carbocycles. The van der Waals surface area contributed by atoms with E-state index in [9.17, 15) is 0 Å². The highest BCUT2D eigenvalue weighted by Gasteiger charge is 2.14. The van der Waals surface area contributed by atoms with Gasteiger partial charge in [0.2, 0.25) is 5.82 Å². The van der Waals surface area contributed by atoms with Crippen LogP contribution >= 0.6 is 0 Å². The van der Waals surface area contributed by atoms with E-state index in [1.54, 1.807) is 13.3 Å². The van der Waals surface area contributed by atoms with Crippen LogP contribution in [0.1, 0.15) is 18.9 Å². The summed E-state index contributed by atoms with van der Waals surface area (Å²) in [5.74, 6) is 1.03. The zero-order valence-corrected chi connectivity index (χ0v) is 11.9. The summed E-state index contributed by atoms with van der Waals surface area (Å²) in [7, 11) is 1.61. The molecule has 0 bridgehead atoms. The standard InChI is InChI=1S/C16H15N3O2/c1-11(20-2)16-18-15(19-21-16)13-8-6-12(7-9-13)14-5-3-4-10-17-14/h3-11H,1-2H3. The maximum Gasteiger partial charge on any atom is 0.255 e. The monoisotopic (exact) mass is 281 g/mol. The van der Waals surface area contributed by atoms with E-state index in [-0.39, 0.29) is 6.10 Å². The van der Waals surface area contributed by atoms with Crippen LogP contribution in [0.15, 0.2) is 53.2 Å². The van der Waals surface area contributed by atoms with Crippen LogP contribution < -0.4 is 0 Å². The third-order valence-corrected chi connectivity index (χ3v) is 3.25. The molecule has 0 N–H and O–H groups in total. The molecular weight excluding hydrogens is 266 g/mol. The van der Waals surface area contributed by atoms with E-state index in [2.05, 4.69) is 15.1 Å². The van der Waals surface area contributed by atoms with Crippen molar-refractivity contribution >= 4 is 0 Å². The zero-order valence-electron chi connectivity index (χ0n) is 11.9. The van der Waals surface area contributed by atoms with Crippen molar-refractivity contribution < 1.29 is 9.26 Å². The normalized spacial score (nSPS) is 12.3. The van der Waals surface area contributed by atoms with Gasteiger partial charge in [0.25, 0.3) is 5.89 Å². The molecule has 2 heterocycles. The zero-order chi connectivity index (χ0) is 14.7. The van der Waals surface area contributed by atoms with Crippen LogP contribution in [0.5, 0.6) is 0 Å². The van der Waals surface area contributed by atoms with Crippen LogP contribution in [0.2, 0.25) is 0 Å². The fourth-order valence-electron chi connectivity index (χ4n) is 1.94. The third-order valence-electron chi connectivity index (χ3n) is 3.25. The number of aromatic nitrogens is 3. The minimum atomic E-state index is -0.209. The van der Waals surface area contributed by atoms with Crippen molar-refractivity contribution in [3.8, 4) is 22.6 Å². The molecule has 5 nitrogen and oxygen atoms in total. The molecule has 0 aliphatic heterocycles. The first-order valence-electron chi connectivity index (χ1n) is 6.66. The lowest BCUT2D eigenvalue weighted by Gasteiger charge is -2.01. The Morgan fingerprint density at radius 2 is 1.81 bits per heavy atom. The number of hydrogen-bond donors (Lipinski definition) is 0. The summed E-state index contributed by atoms with van der Waals surface area (Å²) in [6, 6.07) is 13.7. The molecule has 1 atom stereocenters. The van der Waals surface area contributed by atoms with Crippen LogP contribution in [-0.4, -0.2) is 22.2 Å². The van der Waals surface area contributed by atoms with E-state index in [1.807, 2.05) is 49.4 Å². The second-order valence-electron chi connectivity index (χ2n) is 4.63. The molecule has 2 aromatic heterocycles. The SMILES string of the molecule is COC(C)c1nc(-c2ccc(-c3ccccn3)cc2)no1. The van der Waals surface area contributed by atoms with E-state index in [0.29, 0.717) is 11.7 Å². The lowest BCUT2D eigenvalue weighted by molar-refractivity contribution is 0.0886. The molecule has 106 valence electrons. The highest BCUT2D eigenvalue weighted by Crippen LogP contribution is 2.23. The second kappa shape index (κ2) is 5.85. The van der Waals surface area contributed by atoms with E-state index in [4.69, 9.17) is 9.26 Å². The predicted molar refractivity (Wildman–Crippen MR) is 78.4 cm³/mol. The van der Waals surface area contributed by atoms with E-state index >= 15 is 0 Å². The summed E-state index contributed by atoms with van der Waals surface area (Å²) in [5.41, 5.74) is 2.88. The third kappa shape index (κ3) is 2.83. The summed E-state index contributed by atoms with van der Waals surface area (Å²) < 4.78 is 10.3. The number of ether oxygens (including phenoxy) is 1. The van der Waals surface area contributed by atoms with Gasteiger partial charge in [-0.3, -0.25) is 4.98 Å². The Labute approximate surface area is 122 Å². The summed E-state index contributed by atoms with van der Waals surface area (Å²) in [6.45, 7) is 1.86. The molecule has 0 amide bonds. The van der Waals surface area contributed by atoms with Crippen molar-refractivity contribution in [1.82, 2.24) is 15.1 Å². The van der Waals surface area contributed by atoms with Crippen molar-refractivity contribution in [2.75, 3.05) is 7.11 Å². The summed E-state index contributed by atoms with van der Waals surface area (Å²) in [6.07, 6.45) is 1.57. The molecular formula is C16H15N3O2. The van der Waals surface area contributed by atoms with Gasteiger partial charge in [0.1, 0.15) is 6.10 Å². The molecule has 3 aromatic rings. The quantitative estimate of drug-likeness (QED) is 0.732. The highest BCUT2D eigenvalue weighted by molar-refractivity contribution is 5.64. The van der Waals surface area contributed by atoms with Crippen molar-refractivity contribution in [2.45, 2.75) is 13.0 Å². The highest BCUT2D eigenvalue weighted by atomic mass is 16.5. The Hall–Kier alpha value is -2.53. The topological polar surface area (TPSA) is 61.0 Å². The first kappa shape index (κ1) is 13.5. The lowest BCUT2D eigenvalue weighted by atomic mass is 10.1. The molecule has 0 fully saturated rings. The number of benzene rings is 1. The maximum atomic E-state index is 5.19. The van der Waals surface area contributed by atoms with Gasteiger partial charge >= 0.3 is 0 Å². The largest absolute Gasteiger partial charge is 0.372 e. The molecule has 0 aliphatic rings.